The molecule has 1 fully saturated rings. The van der Waals surface area contributed by atoms with Crippen LogP contribution in [0.15, 0.2) is 22.7 Å². The third-order valence-electron chi connectivity index (χ3n) is 2.87. The maximum atomic E-state index is 13.7. The zero-order valence-corrected chi connectivity index (χ0v) is 12.5. The van der Waals surface area contributed by atoms with Crippen LogP contribution in [0.25, 0.3) is 0 Å². The van der Waals surface area contributed by atoms with Gasteiger partial charge < -0.3 is 15.4 Å². The first-order valence-electron chi connectivity index (χ1n) is 5.68. The van der Waals surface area contributed by atoms with E-state index in [1.165, 1.54) is 6.07 Å². The van der Waals surface area contributed by atoms with E-state index in [1.807, 2.05) is 0 Å². The standard InChI is InChI=1S/C12H14BrFN2O2.ClH/c13-9-2-1-3-10(14)11(9)12(17)16-4-5-18-8(6-15)7-16;/h1-3,8H,4-7,15H2;1H. The first kappa shape index (κ1) is 16.4. The fourth-order valence-electron chi connectivity index (χ4n) is 1.91. The van der Waals surface area contributed by atoms with Gasteiger partial charge in [-0.2, -0.15) is 0 Å². The van der Waals surface area contributed by atoms with E-state index < -0.39 is 5.82 Å². The number of halogens is 3. The van der Waals surface area contributed by atoms with Crippen molar-refractivity contribution in [3.05, 3.63) is 34.1 Å². The Morgan fingerprint density at radius 1 is 1.58 bits per heavy atom. The van der Waals surface area contributed by atoms with E-state index in [0.29, 0.717) is 30.7 Å². The van der Waals surface area contributed by atoms with Crippen LogP contribution in [-0.2, 0) is 4.74 Å². The molecule has 0 aromatic heterocycles. The predicted octanol–water partition coefficient (Wildman–Crippen LogP) is 1.81. The Hall–Kier alpha value is -0.690. The average Bonchev–Trinajstić information content (AvgIpc) is 2.38. The summed E-state index contributed by atoms with van der Waals surface area (Å²) in [4.78, 5) is 13.8. The number of amides is 1. The quantitative estimate of drug-likeness (QED) is 0.882. The summed E-state index contributed by atoms with van der Waals surface area (Å²) in [6.45, 7) is 1.63. The van der Waals surface area contributed by atoms with E-state index in [4.69, 9.17) is 10.5 Å². The second-order valence-electron chi connectivity index (χ2n) is 4.08. The highest BCUT2D eigenvalue weighted by molar-refractivity contribution is 9.10. The number of ether oxygens (including phenoxy) is 1. The third kappa shape index (κ3) is 3.66. The van der Waals surface area contributed by atoms with E-state index in [9.17, 15) is 9.18 Å². The molecule has 0 bridgehead atoms. The number of hydrogen-bond acceptors (Lipinski definition) is 3. The van der Waals surface area contributed by atoms with Gasteiger partial charge in [0.15, 0.2) is 0 Å². The van der Waals surface area contributed by atoms with E-state index in [1.54, 1.807) is 17.0 Å². The average molecular weight is 354 g/mol. The van der Waals surface area contributed by atoms with Crippen molar-refractivity contribution in [3.63, 3.8) is 0 Å². The lowest BCUT2D eigenvalue weighted by Gasteiger charge is -2.32. The van der Waals surface area contributed by atoms with E-state index >= 15 is 0 Å². The number of hydrogen-bond donors (Lipinski definition) is 1. The summed E-state index contributed by atoms with van der Waals surface area (Å²) in [6, 6.07) is 4.48. The molecule has 2 N–H and O–H groups in total. The van der Waals surface area contributed by atoms with Crippen LogP contribution in [0.2, 0.25) is 0 Å². The van der Waals surface area contributed by atoms with Gasteiger partial charge in [-0.1, -0.05) is 6.07 Å². The highest BCUT2D eigenvalue weighted by Gasteiger charge is 2.27. The molecule has 1 saturated heterocycles. The largest absolute Gasteiger partial charge is 0.373 e. The molecule has 1 aliphatic heterocycles. The maximum absolute atomic E-state index is 13.7. The zero-order chi connectivity index (χ0) is 13.1. The highest BCUT2D eigenvalue weighted by Crippen LogP contribution is 2.22. The molecule has 1 atom stereocenters. The Morgan fingerprint density at radius 2 is 2.32 bits per heavy atom. The molecule has 0 aliphatic carbocycles. The smallest absolute Gasteiger partial charge is 0.258 e. The molecule has 0 saturated carbocycles. The van der Waals surface area contributed by atoms with Crippen LogP contribution in [0.5, 0.6) is 0 Å². The van der Waals surface area contributed by atoms with Crippen molar-refractivity contribution >= 4 is 34.2 Å². The van der Waals surface area contributed by atoms with Gasteiger partial charge in [0.25, 0.3) is 5.91 Å². The van der Waals surface area contributed by atoms with Crippen LogP contribution in [-0.4, -0.2) is 43.2 Å². The normalized spacial score (nSPS) is 18.9. The predicted molar refractivity (Wildman–Crippen MR) is 76.0 cm³/mol. The molecule has 0 radical (unpaired) electrons. The molecule has 4 nitrogen and oxygen atoms in total. The van der Waals surface area contributed by atoms with Crippen LogP contribution in [0, 0.1) is 5.82 Å². The Labute approximate surface area is 125 Å². The Balaban J connectivity index is 0.00000180. The third-order valence-corrected chi connectivity index (χ3v) is 3.53. The summed E-state index contributed by atoms with van der Waals surface area (Å²) in [7, 11) is 0. The first-order chi connectivity index (χ1) is 8.63. The molecule has 19 heavy (non-hydrogen) atoms. The number of carbonyl (C=O) groups excluding carboxylic acids is 1. The summed E-state index contributed by atoms with van der Waals surface area (Å²) >= 11 is 3.20. The highest BCUT2D eigenvalue weighted by atomic mass is 79.9. The topological polar surface area (TPSA) is 55.6 Å². The Morgan fingerprint density at radius 3 is 2.95 bits per heavy atom. The second-order valence-corrected chi connectivity index (χ2v) is 4.93. The van der Waals surface area contributed by atoms with Crippen molar-refractivity contribution in [2.24, 2.45) is 5.73 Å². The summed E-state index contributed by atoms with van der Waals surface area (Å²) in [6.07, 6.45) is -0.173. The van der Waals surface area contributed by atoms with Gasteiger partial charge in [0.2, 0.25) is 0 Å². The van der Waals surface area contributed by atoms with Crippen molar-refractivity contribution in [2.45, 2.75) is 6.10 Å². The van der Waals surface area contributed by atoms with Crippen molar-refractivity contribution in [1.29, 1.82) is 0 Å². The summed E-state index contributed by atoms with van der Waals surface area (Å²) in [5.74, 6) is -0.855. The minimum atomic E-state index is -0.523. The molecule has 7 heteroatoms. The minimum absolute atomic E-state index is 0. The van der Waals surface area contributed by atoms with Gasteiger partial charge in [0.1, 0.15) is 5.82 Å². The molecule has 1 unspecified atom stereocenters. The van der Waals surface area contributed by atoms with Crippen molar-refractivity contribution in [2.75, 3.05) is 26.2 Å². The lowest BCUT2D eigenvalue weighted by molar-refractivity contribution is -0.0169. The van der Waals surface area contributed by atoms with Gasteiger partial charge in [-0.15, -0.1) is 12.4 Å². The molecular formula is C12H15BrClFN2O2. The van der Waals surface area contributed by atoms with Crippen LogP contribution in [0.1, 0.15) is 10.4 Å². The lowest BCUT2D eigenvalue weighted by atomic mass is 10.1. The van der Waals surface area contributed by atoms with Crippen LogP contribution >= 0.6 is 28.3 Å². The molecule has 2 rings (SSSR count). The van der Waals surface area contributed by atoms with Crippen LogP contribution < -0.4 is 5.73 Å². The van der Waals surface area contributed by atoms with Gasteiger partial charge in [0, 0.05) is 24.1 Å². The Bertz CT molecular complexity index is 441. The number of nitrogens with zero attached hydrogens (tertiary/aromatic N) is 1. The molecule has 1 amide bonds. The molecule has 1 aromatic rings. The van der Waals surface area contributed by atoms with Gasteiger partial charge in [-0.25, -0.2) is 4.39 Å². The lowest BCUT2D eigenvalue weighted by Crippen LogP contribution is -2.48. The molecular weight excluding hydrogens is 338 g/mol. The second kappa shape index (κ2) is 7.19. The minimum Gasteiger partial charge on any atom is -0.373 e. The summed E-state index contributed by atoms with van der Waals surface area (Å²) < 4.78 is 19.5. The van der Waals surface area contributed by atoms with Crippen molar-refractivity contribution in [3.8, 4) is 0 Å². The van der Waals surface area contributed by atoms with Gasteiger partial charge in [0.05, 0.1) is 18.3 Å². The monoisotopic (exact) mass is 352 g/mol. The maximum Gasteiger partial charge on any atom is 0.258 e. The van der Waals surface area contributed by atoms with E-state index in [-0.39, 0.29) is 30.0 Å². The SMILES string of the molecule is Cl.NCC1CN(C(=O)c2c(F)cccc2Br)CCO1. The molecule has 1 heterocycles. The molecule has 1 aliphatic rings. The van der Waals surface area contributed by atoms with Gasteiger partial charge in [-0.05, 0) is 28.1 Å². The molecule has 0 spiro atoms. The first-order valence-corrected chi connectivity index (χ1v) is 6.47. The number of benzene rings is 1. The van der Waals surface area contributed by atoms with E-state index in [0.717, 1.165) is 0 Å². The number of nitrogens with two attached hydrogens (primary N) is 1. The van der Waals surface area contributed by atoms with Crippen molar-refractivity contribution < 1.29 is 13.9 Å². The number of carbonyl (C=O) groups is 1. The fraction of sp³-hybridized carbons (Fsp3) is 0.417. The molecule has 1 aromatic carbocycles. The van der Waals surface area contributed by atoms with Gasteiger partial charge in [-0.3, -0.25) is 4.79 Å². The van der Waals surface area contributed by atoms with Crippen LogP contribution in [0.4, 0.5) is 4.39 Å². The van der Waals surface area contributed by atoms with Crippen molar-refractivity contribution in [1.82, 2.24) is 4.90 Å². The summed E-state index contributed by atoms with van der Waals surface area (Å²) in [5, 5.41) is 0. The number of morpholine rings is 1. The number of rotatable bonds is 2. The summed E-state index contributed by atoms with van der Waals surface area (Å²) in [5.41, 5.74) is 5.58. The van der Waals surface area contributed by atoms with E-state index in [2.05, 4.69) is 15.9 Å². The zero-order valence-electron chi connectivity index (χ0n) is 10.1. The van der Waals surface area contributed by atoms with Gasteiger partial charge >= 0.3 is 0 Å². The van der Waals surface area contributed by atoms with Crippen LogP contribution in [0.3, 0.4) is 0 Å². The Kier molecular flexibility index (Phi) is 6.19. The molecule has 106 valence electrons. The fourth-order valence-corrected chi connectivity index (χ4v) is 2.42.